The summed E-state index contributed by atoms with van der Waals surface area (Å²) in [6.45, 7) is 2.94. The fourth-order valence-electron chi connectivity index (χ4n) is 2.81. The summed E-state index contributed by atoms with van der Waals surface area (Å²) in [5, 5.41) is 7.06. The van der Waals surface area contributed by atoms with Crippen molar-refractivity contribution in [2.24, 2.45) is 5.10 Å². The van der Waals surface area contributed by atoms with Gasteiger partial charge in [-0.1, -0.05) is 54.1 Å². The van der Waals surface area contributed by atoms with E-state index in [1.807, 2.05) is 49.4 Å². The van der Waals surface area contributed by atoms with Crippen LogP contribution < -0.4 is 20.2 Å². The lowest BCUT2D eigenvalue weighted by Gasteiger charge is -2.12. The summed E-state index contributed by atoms with van der Waals surface area (Å²) in [7, 11) is 0. The molecule has 2 N–H and O–H groups in total. The Morgan fingerprint density at radius 3 is 2.39 bits per heavy atom. The summed E-state index contributed by atoms with van der Waals surface area (Å²) in [5.74, 6) is -0.497. The standard InChI is InChI=1S/C25H24ClN3O4/c1-2-32-23-14-20(10-13-22(23)33-17-19-8-11-21(26)12-9-19)16-28-29-25(31)24(30)27-15-18-6-4-3-5-7-18/h3-14,16H,2,15,17H2,1H3,(H,27,30)(H,29,31)/b28-16+. The summed E-state index contributed by atoms with van der Waals surface area (Å²) in [5.41, 5.74) is 4.75. The molecule has 0 atom stereocenters. The molecule has 7 nitrogen and oxygen atoms in total. The topological polar surface area (TPSA) is 89.0 Å². The van der Waals surface area contributed by atoms with E-state index >= 15 is 0 Å². The van der Waals surface area contributed by atoms with Gasteiger partial charge in [-0.3, -0.25) is 9.59 Å². The Labute approximate surface area is 197 Å². The number of nitrogens with zero attached hydrogens (tertiary/aromatic N) is 1. The van der Waals surface area contributed by atoms with Crippen molar-refractivity contribution in [1.82, 2.24) is 10.7 Å². The molecule has 0 saturated heterocycles. The molecule has 0 radical (unpaired) electrons. The average Bonchev–Trinajstić information content (AvgIpc) is 2.84. The van der Waals surface area contributed by atoms with Crippen molar-refractivity contribution in [3.05, 3.63) is 94.5 Å². The van der Waals surface area contributed by atoms with Crippen molar-refractivity contribution < 1.29 is 19.1 Å². The van der Waals surface area contributed by atoms with E-state index in [1.165, 1.54) is 6.21 Å². The summed E-state index contributed by atoms with van der Waals surface area (Å²) >= 11 is 5.91. The van der Waals surface area contributed by atoms with E-state index in [0.29, 0.717) is 35.3 Å². The van der Waals surface area contributed by atoms with Crippen molar-refractivity contribution in [2.45, 2.75) is 20.1 Å². The Bertz CT molecular complexity index is 1100. The fraction of sp³-hybridized carbons (Fsp3) is 0.160. The summed E-state index contributed by atoms with van der Waals surface area (Å²) in [6.07, 6.45) is 1.42. The maximum Gasteiger partial charge on any atom is 0.329 e. The quantitative estimate of drug-likeness (QED) is 0.283. The number of rotatable bonds is 9. The highest BCUT2D eigenvalue weighted by atomic mass is 35.5. The third-order valence-corrected chi connectivity index (χ3v) is 4.71. The van der Waals surface area contributed by atoms with E-state index in [2.05, 4.69) is 15.8 Å². The first-order valence-electron chi connectivity index (χ1n) is 10.3. The van der Waals surface area contributed by atoms with Gasteiger partial charge in [0.05, 0.1) is 12.8 Å². The highest BCUT2D eigenvalue weighted by Crippen LogP contribution is 2.29. The maximum atomic E-state index is 11.9. The first kappa shape index (κ1) is 23.8. The van der Waals surface area contributed by atoms with Crippen LogP contribution in [0.2, 0.25) is 5.02 Å². The van der Waals surface area contributed by atoms with Crippen LogP contribution in [0.15, 0.2) is 77.9 Å². The van der Waals surface area contributed by atoms with E-state index < -0.39 is 11.8 Å². The zero-order valence-electron chi connectivity index (χ0n) is 18.1. The lowest BCUT2D eigenvalue weighted by atomic mass is 10.2. The van der Waals surface area contributed by atoms with Crippen molar-refractivity contribution in [3.63, 3.8) is 0 Å². The molecule has 3 aromatic rings. The second kappa shape index (κ2) is 12.3. The zero-order valence-corrected chi connectivity index (χ0v) is 18.8. The lowest BCUT2D eigenvalue weighted by molar-refractivity contribution is -0.139. The fourth-order valence-corrected chi connectivity index (χ4v) is 2.93. The largest absolute Gasteiger partial charge is 0.490 e. The van der Waals surface area contributed by atoms with Gasteiger partial charge in [0, 0.05) is 11.6 Å². The van der Waals surface area contributed by atoms with Crippen molar-refractivity contribution in [3.8, 4) is 11.5 Å². The van der Waals surface area contributed by atoms with E-state index in [0.717, 1.165) is 11.1 Å². The van der Waals surface area contributed by atoms with Gasteiger partial charge < -0.3 is 14.8 Å². The van der Waals surface area contributed by atoms with Gasteiger partial charge in [-0.15, -0.1) is 0 Å². The minimum Gasteiger partial charge on any atom is -0.490 e. The van der Waals surface area contributed by atoms with Crippen LogP contribution >= 0.6 is 11.6 Å². The Morgan fingerprint density at radius 1 is 0.909 bits per heavy atom. The van der Waals surface area contributed by atoms with Crippen LogP contribution in [0.4, 0.5) is 0 Å². The average molecular weight is 466 g/mol. The molecule has 0 spiro atoms. The minimum atomic E-state index is -0.852. The summed E-state index contributed by atoms with van der Waals surface area (Å²) < 4.78 is 11.5. The first-order chi connectivity index (χ1) is 16.0. The molecule has 3 rings (SSSR count). The Hall–Kier alpha value is -3.84. The van der Waals surface area contributed by atoms with Crippen LogP contribution in [-0.2, 0) is 22.7 Å². The third-order valence-electron chi connectivity index (χ3n) is 4.46. The van der Waals surface area contributed by atoms with Crippen LogP contribution in [0.3, 0.4) is 0 Å². The molecule has 33 heavy (non-hydrogen) atoms. The van der Waals surface area contributed by atoms with E-state index in [-0.39, 0.29) is 6.54 Å². The molecule has 8 heteroatoms. The number of benzene rings is 3. The molecule has 0 unspecified atom stereocenters. The van der Waals surface area contributed by atoms with Gasteiger partial charge in [-0.05, 0) is 53.9 Å². The van der Waals surface area contributed by atoms with Crippen LogP contribution in [0.1, 0.15) is 23.6 Å². The normalized spacial score (nSPS) is 10.6. The number of carbonyl (C=O) groups is 2. The zero-order chi connectivity index (χ0) is 23.5. The predicted molar refractivity (Wildman–Crippen MR) is 127 cm³/mol. The minimum absolute atomic E-state index is 0.256. The second-order valence-corrected chi connectivity index (χ2v) is 7.36. The van der Waals surface area contributed by atoms with Gasteiger partial charge in [0.1, 0.15) is 6.61 Å². The smallest absolute Gasteiger partial charge is 0.329 e. The van der Waals surface area contributed by atoms with E-state index in [4.69, 9.17) is 21.1 Å². The summed E-state index contributed by atoms with van der Waals surface area (Å²) in [4.78, 5) is 23.8. The highest BCUT2D eigenvalue weighted by molar-refractivity contribution is 6.35. The number of carbonyl (C=O) groups excluding carboxylic acids is 2. The molecule has 3 aromatic carbocycles. The van der Waals surface area contributed by atoms with Crippen LogP contribution in [0.25, 0.3) is 0 Å². The molecule has 0 fully saturated rings. The molecular weight excluding hydrogens is 442 g/mol. The molecule has 0 bridgehead atoms. The van der Waals surface area contributed by atoms with Crippen molar-refractivity contribution >= 4 is 29.6 Å². The molecule has 0 aliphatic carbocycles. The van der Waals surface area contributed by atoms with E-state index in [1.54, 1.807) is 30.3 Å². The van der Waals surface area contributed by atoms with Gasteiger partial charge in [-0.25, -0.2) is 5.43 Å². The molecular formula is C25H24ClN3O4. The van der Waals surface area contributed by atoms with Gasteiger partial charge in [0.25, 0.3) is 0 Å². The number of amides is 2. The number of hydrazone groups is 1. The van der Waals surface area contributed by atoms with Gasteiger partial charge >= 0.3 is 11.8 Å². The third kappa shape index (κ3) is 7.66. The Morgan fingerprint density at radius 2 is 1.67 bits per heavy atom. The van der Waals surface area contributed by atoms with E-state index in [9.17, 15) is 9.59 Å². The van der Waals surface area contributed by atoms with Crippen LogP contribution in [0.5, 0.6) is 11.5 Å². The number of hydrogen-bond donors (Lipinski definition) is 2. The molecule has 0 aromatic heterocycles. The SMILES string of the molecule is CCOc1cc(/C=N/NC(=O)C(=O)NCc2ccccc2)ccc1OCc1ccc(Cl)cc1. The number of nitrogens with one attached hydrogen (secondary N) is 2. The molecule has 0 aliphatic heterocycles. The van der Waals surface area contributed by atoms with Crippen LogP contribution in [-0.4, -0.2) is 24.6 Å². The first-order valence-corrected chi connectivity index (χ1v) is 10.7. The molecule has 0 aliphatic rings. The van der Waals surface area contributed by atoms with Crippen molar-refractivity contribution in [2.75, 3.05) is 6.61 Å². The van der Waals surface area contributed by atoms with Gasteiger partial charge in [0.2, 0.25) is 0 Å². The number of hydrogen-bond acceptors (Lipinski definition) is 5. The monoisotopic (exact) mass is 465 g/mol. The summed E-state index contributed by atoms with van der Waals surface area (Å²) in [6, 6.07) is 22.0. The Kier molecular flexibility index (Phi) is 8.85. The molecule has 0 saturated carbocycles. The Balaban J connectivity index is 1.54. The van der Waals surface area contributed by atoms with Crippen LogP contribution in [0, 0.1) is 0 Å². The maximum absolute atomic E-state index is 11.9. The van der Waals surface area contributed by atoms with Crippen molar-refractivity contribution in [1.29, 1.82) is 0 Å². The van der Waals surface area contributed by atoms with Gasteiger partial charge in [-0.2, -0.15) is 5.10 Å². The number of halogens is 1. The lowest BCUT2D eigenvalue weighted by Crippen LogP contribution is -2.37. The number of ether oxygens (including phenoxy) is 2. The predicted octanol–water partition coefficient (Wildman–Crippen LogP) is 4.08. The molecule has 170 valence electrons. The van der Waals surface area contributed by atoms with Gasteiger partial charge in [0.15, 0.2) is 11.5 Å². The second-order valence-electron chi connectivity index (χ2n) is 6.92. The highest BCUT2D eigenvalue weighted by Gasteiger charge is 2.12. The molecule has 2 amide bonds. The molecule has 0 heterocycles.